The van der Waals surface area contributed by atoms with Crippen molar-refractivity contribution in [1.29, 1.82) is 0 Å². The van der Waals surface area contributed by atoms with Gasteiger partial charge in [0, 0.05) is 4.88 Å². The molecule has 0 aliphatic carbocycles. The van der Waals surface area contributed by atoms with Crippen LogP contribution in [0.2, 0.25) is 0 Å². The Labute approximate surface area is 166 Å². The van der Waals surface area contributed by atoms with Crippen molar-refractivity contribution in [3.05, 3.63) is 82.7 Å². The first-order valence-electron chi connectivity index (χ1n) is 9.17. The molecule has 142 valence electrons. The number of thiophene rings is 1. The molecule has 0 amide bonds. The first-order chi connectivity index (χ1) is 12.7. The summed E-state index contributed by atoms with van der Waals surface area (Å²) in [5.74, 6) is 0.0982. The van der Waals surface area contributed by atoms with Crippen LogP contribution < -0.4 is 0 Å². The van der Waals surface area contributed by atoms with Gasteiger partial charge in [0.25, 0.3) is 0 Å². The Morgan fingerprint density at radius 1 is 0.778 bits per heavy atom. The number of hydrogen-bond acceptors (Lipinski definition) is 3. The molecule has 0 saturated carbocycles. The Bertz CT molecular complexity index is 960. The van der Waals surface area contributed by atoms with Gasteiger partial charge in [-0.05, 0) is 67.3 Å². The lowest BCUT2D eigenvalue weighted by atomic mass is 10.0. The van der Waals surface area contributed by atoms with Crippen LogP contribution in [0.15, 0.2) is 66.0 Å². The summed E-state index contributed by atoms with van der Waals surface area (Å²) in [7, 11) is -3.14. The van der Waals surface area contributed by atoms with Crippen molar-refractivity contribution >= 4 is 21.2 Å². The second-order valence-corrected chi connectivity index (χ2v) is 11.6. The number of aryl methyl sites for hydroxylation is 2. The topological polar surface area (TPSA) is 34.1 Å². The maximum atomic E-state index is 12.3. The molecule has 0 fully saturated rings. The molecule has 3 rings (SSSR count). The third-order valence-electron chi connectivity index (χ3n) is 4.77. The van der Waals surface area contributed by atoms with E-state index in [1.54, 1.807) is 32.1 Å². The molecule has 1 heterocycles. The Hall–Kier alpha value is -1.91. The summed E-state index contributed by atoms with van der Waals surface area (Å²) in [6.45, 7) is 5.25. The molecule has 0 aliphatic heterocycles. The zero-order valence-electron chi connectivity index (χ0n) is 16.1. The van der Waals surface area contributed by atoms with E-state index in [4.69, 9.17) is 0 Å². The van der Waals surface area contributed by atoms with Gasteiger partial charge in [-0.15, -0.1) is 11.3 Å². The van der Waals surface area contributed by atoms with Crippen molar-refractivity contribution in [3.63, 3.8) is 0 Å². The Balaban J connectivity index is 1.59. The summed E-state index contributed by atoms with van der Waals surface area (Å²) in [6.07, 6.45) is 1.93. The van der Waals surface area contributed by atoms with Gasteiger partial charge < -0.3 is 0 Å². The third kappa shape index (κ3) is 5.08. The molecule has 0 unspecified atom stereocenters. The van der Waals surface area contributed by atoms with E-state index in [0.717, 1.165) is 18.4 Å². The smallest absolute Gasteiger partial charge is 0.159 e. The second kappa shape index (κ2) is 7.99. The zero-order chi connectivity index (χ0) is 19.5. The lowest BCUT2D eigenvalue weighted by Crippen LogP contribution is -2.29. The predicted octanol–water partition coefficient (Wildman–Crippen LogP) is 5.91. The molecule has 0 atom stereocenters. The van der Waals surface area contributed by atoms with Crippen molar-refractivity contribution in [1.82, 2.24) is 0 Å². The fraction of sp³-hybridized carbons (Fsp3) is 0.304. The van der Waals surface area contributed by atoms with Crippen LogP contribution >= 0.6 is 11.3 Å². The molecule has 0 aliphatic rings. The molecular weight excluding hydrogens is 372 g/mol. The van der Waals surface area contributed by atoms with Crippen LogP contribution in [-0.4, -0.2) is 13.2 Å². The van der Waals surface area contributed by atoms with Crippen LogP contribution in [0.1, 0.15) is 37.5 Å². The normalized spacial score (nSPS) is 12.3. The van der Waals surface area contributed by atoms with Crippen molar-refractivity contribution in [2.45, 2.75) is 44.1 Å². The third-order valence-corrected chi connectivity index (χ3v) is 8.27. The number of hydrogen-bond donors (Lipinski definition) is 0. The molecular formula is C23H26O2S2. The van der Waals surface area contributed by atoms with Crippen LogP contribution in [0.25, 0.3) is 10.4 Å². The molecule has 1 aromatic heterocycles. The standard InChI is InChI=1S/C23H26O2S2/c1-23(2,3)27(24,25)17-20-10-8-18(9-11-20)6-7-19-12-14-21(15-13-19)22-5-4-16-26-22/h4-5,8-16H,6-7,17H2,1-3H3. The summed E-state index contributed by atoms with van der Waals surface area (Å²) in [4.78, 5) is 1.29. The largest absolute Gasteiger partial charge is 0.228 e. The molecule has 3 aromatic rings. The summed E-state index contributed by atoms with van der Waals surface area (Å²) < 4.78 is 23.9. The second-order valence-electron chi connectivity index (χ2n) is 7.86. The van der Waals surface area contributed by atoms with Gasteiger partial charge in [0.05, 0.1) is 10.5 Å². The molecule has 0 N–H and O–H groups in total. The van der Waals surface area contributed by atoms with E-state index in [1.165, 1.54) is 21.6 Å². The highest BCUT2D eigenvalue weighted by molar-refractivity contribution is 7.91. The minimum atomic E-state index is -3.14. The van der Waals surface area contributed by atoms with Crippen LogP contribution in [0.5, 0.6) is 0 Å². The predicted molar refractivity (Wildman–Crippen MR) is 116 cm³/mol. The van der Waals surface area contributed by atoms with E-state index in [2.05, 4.69) is 41.8 Å². The van der Waals surface area contributed by atoms with Gasteiger partial charge >= 0.3 is 0 Å². The van der Waals surface area contributed by atoms with E-state index in [-0.39, 0.29) is 5.75 Å². The van der Waals surface area contributed by atoms with Crippen LogP contribution in [-0.2, 0) is 28.4 Å². The summed E-state index contributed by atoms with van der Waals surface area (Å²) in [5.41, 5.74) is 4.66. The van der Waals surface area contributed by atoms with E-state index in [1.807, 2.05) is 24.3 Å². The SMILES string of the molecule is CC(C)(C)S(=O)(=O)Cc1ccc(CCc2ccc(-c3cccs3)cc2)cc1. The zero-order valence-corrected chi connectivity index (χ0v) is 17.7. The number of rotatable bonds is 6. The van der Waals surface area contributed by atoms with Gasteiger partial charge in [0.2, 0.25) is 0 Å². The van der Waals surface area contributed by atoms with E-state index >= 15 is 0 Å². The van der Waals surface area contributed by atoms with Gasteiger partial charge in [0.15, 0.2) is 9.84 Å². The first-order valence-corrected chi connectivity index (χ1v) is 11.7. The highest BCUT2D eigenvalue weighted by Gasteiger charge is 2.28. The summed E-state index contributed by atoms with van der Waals surface area (Å²) >= 11 is 1.76. The Morgan fingerprint density at radius 2 is 1.30 bits per heavy atom. The van der Waals surface area contributed by atoms with Gasteiger partial charge in [-0.2, -0.15) is 0 Å². The molecule has 0 bridgehead atoms. The maximum absolute atomic E-state index is 12.3. The number of sulfone groups is 1. The monoisotopic (exact) mass is 398 g/mol. The fourth-order valence-corrected chi connectivity index (χ4v) is 4.60. The average Bonchev–Trinajstić information content (AvgIpc) is 3.15. The maximum Gasteiger partial charge on any atom is 0.159 e. The van der Waals surface area contributed by atoms with Crippen molar-refractivity contribution in [2.75, 3.05) is 0 Å². The number of benzene rings is 2. The Morgan fingerprint density at radius 3 is 1.78 bits per heavy atom. The van der Waals surface area contributed by atoms with Gasteiger partial charge in [-0.3, -0.25) is 0 Å². The minimum Gasteiger partial charge on any atom is -0.228 e. The molecule has 27 heavy (non-hydrogen) atoms. The quantitative estimate of drug-likeness (QED) is 0.517. The van der Waals surface area contributed by atoms with Gasteiger partial charge in [-0.1, -0.05) is 54.6 Å². The van der Waals surface area contributed by atoms with Gasteiger partial charge in [0.1, 0.15) is 0 Å². The highest BCUT2D eigenvalue weighted by Crippen LogP contribution is 2.25. The first kappa shape index (κ1) is 19.8. The van der Waals surface area contributed by atoms with E-state index in [9.17, 15) is 8.42 Å². The van der Waals surface area contributed by atoms with Crippen molar-refractivity contribution < 1.29 is 8.42 Å². The minimum absolute atomic E-state index is 0.0982. The molecule has 0 radical (unpaired) electrons. The molecule has 0 saturated heterocycles. The molecule has 0 spiro atoms. The van der Waals surface area contributed by atoms with Gasteiger partial charge in [-0.25, -0.2) is 8.42 Å². The highest BCUT2D eigenvalue weighted by atomic mass is 32.2. The molecule has 4 heteroatoms. The van der Waals surface area contributed by atoms with Crippen LogP contribution in [0.3, 0.4) is 0 Å². The summed E-state index contributed by atoms with van der Waals surface area (Å²) in [5, 5.41) is 2.10. The fourth-order valence-electron chi connectivity index (χ4n) is 2.81. The molecule has 2 nitrogen and oxygen atoms in total. The van der Waals surface area contributed by atoms with Crippen LogP contribution in [0.4, 0.5) is 0 Å². The van der Waals surface area contributed by atoms with Crippen LogP contribution in [0, 0.1) is 0 Å². The lowest BCUT2D eigenvalue weighted by Gasteiger charge is -2.19. The van der Waals surface area contributed by atoms with Crippen molar-refractivity contribution in [3.8, 4) is 10.4 Å². The van der Waals surface area contributed by atoms with Crippen molar-refractivity contribution in [2.24, 2.45) is 0 Å². The van der Waals surface area contributed by atoms with E-state index in [0.29, 0.717) is 0 Å². The van der Waals surface area contributed by atoms with E-state index < -0.39 is 14.6 Å². The summed E-state index contributed by atoms with van der Waals surface area (Å²) in [6, 6.07) is 20.9. The average molecular weight is 399 g/mol. The Kier molecular flexibility index (Phi) is 5.87. The molecule has 2 aromatic carbocycles. The lowest BCUT2D eigenvalue weighted by molar-refractivity contribution is 0.559.